The van der Waals surface area contributed by atoms with Crippen LogP contribution in [0.25, 0.3) is 71.0 Å². The molecular weight excluding hydrogens is 648 g/mol. The molecule has 0 unspecified atom stereocenters. The van der Waals surface area contributed by atoms with Crippen LogP contribution in [0.15, 0.2) is 115 Å². The lowest BCUT2D eigenvalue weighted by Crippen LogP contribution is -2.16. The molecule has 0 aliphatic heterocycles. The lowest BCUT2D eigenvalue weighted by Gasteiger charge is -2.24. The molecule has 9 heteroatoms. The molecule has 3 nitrogen and oxygen atoms in total. The highest BCUT2D eigenvalue weighted by molar-refractivity contribution is 6.11. The van der Waals surface area contributed by atoms with Crippen molar-refractivity contribution in [3.8, 4) is 22.5 Å². The Hall–Kier alpha value is -6.01. The van der Waals surface area contributed by atoms with Crippen molar-refractivity contribution >= 4 is 49.3 Å². The van der Waals surface area contributed by atoms with Gasteiger partial charge in [-0.25, -0.2) is 4.85 Å². The number of benzene rings is 6. The molecule has 2 heterocycles. The maximum atomic E-state index is 15.9. The van der Waals surface area contributed by atoms with Gasteiger partial charge in [-0.15, -0.1) is 0 Å². The first-order valence-corrected chi connectivity index (χ1v) is 15.7. The standard InChI is InChI=1S/C41H25F6N3/c1-23-15-17-28-26-9-4-6-13-32(26)49(34(28)19-23)36-21-25(38-30(40(42,43)44)11-8-12-31(38)48-3)22-37(39(36)41(45,46)47)50-33-14-7-5-10-27(33)29-18-16-24(2)20-35(29)50/h4-22H,1-2H3. The van der Waals surface area contributed by atoms with Crippen LogP contribution in [-0.2, 0) is 12.4 Å². The van der Waals surface area contributed by atoms with E-state index in [1.165, 1.54) is 15.2 Å². The number of nitrogens with zero attached hydrogens (tertiary/aromatic N) is 3. The molecule has 0 aliphatic rings. The summed E-state index contributed by atoms with van der Waals surface area (Å²) in [5.74, 6) is 0. The van der Waals surface area contributed by atoms with Crippen molar-refractivity contribution in [3.05, 3.63) is 149 Å². The average molecular weight is 674 g/mol. The van der Waals surface area contributed by atoms with Crippen LogP contribution >= 0.6 is 0 Å². The molecule has 0 fully saturated rings. The van der Waals surface area contributed by atoms with Crippen LogP contribution in [0.5, 0.6) is 0 Å². The SMILES string of the molecule is [C-]#[N+]c1cccc(C(F)(F)F)c1-c1cc(-n2c3ccccc3c3ccc(C)cc32)c(C(F)(F)F)c(-n2c3ccccc3c3ccc(C)cc32)c1. The molecule has 8 aromatic rings. The van der Waals surface area contributed by atoms with Crippen molar-refractivity contribution in [1.82, 2.24) is 9.13 Å². The normalized spacial score (nSPS) is 12.4. The summed E-state index contributed by atoms with van der Waals surface area (Å²) in [6.07, 6.45) is -9.87. The third-order valence-electron chi connectivity index (χ3n) is 9.28. The molecule has 0 saturated carbocycles. The Morgan fingerprint density at radius 3 is 1.46 bits per heavy atom. The van der Waals surface area contributed by atoms with Crippen molar-refractivity contribution in [2.24, 2.45) is 0 Å². The molecule has 50 heavy (non-hydrogen) atoms. The van der Waals surface area contributed by atoms with E-state index in [0.29, 0.717) is 43.6 Å². The molecule has 8 rings (SSSR count). The molecule has 6 aromatic carbocycles. The summed E-state index contributed by atoms with van der Waals surface area (Å²) in [7, 11) is 0. The van der Waals surface area contributed by atoms with E-state index >= 15 is 13.2 Å². The fourth-order valence-corrected chi connectivity index (χ4v) is 7.25. The smallest absolute Gasteiger partial charge is 0.309 e. The highest BCUT2D eigenvalue weighted by atomic mass is 19.4. The van der Waals surface area contributed by atoms with Gasteiger partial charge in [0.25, 0.3) is 0 Å². The first-order valence-electron chi connectivity index (χ1n) is 15.7. The van der Waals surface area contributed by atoms with Crippen LogP contribution in [0.1, 0.15) is 22.3 Å². The van der Waals surface area contributed by atoms with E-state index in [-0.39, 0.29) is 22.6 Å². The van der Waals surface area contributed by atoms with E-state index in [0.717, 1.165) is 35.4 Å². The molecule has 0 spiro atoms. The van der Waals surface area contributed by atoms with Crippen LogP contribution in [0.4, 0.5) is 32.0 Å². The van der Waals surface area contributed by atoms with E-state index in [2.05, 4.69) is 4.85 Å². The van der Waals surface area contributed by atoms with Gasteiger partial charge < -0.3 is 9.13 Å². The zero-order valence-corrected chi connectivity index (χ0v) is 26.6. The number of fused-ring (bicyclic) bond motifs is 6. The number of para-hydroxylation sites is 2. The fraction of sp³-hybridized carbons (Fsp3) is 0.0976. The first-order chi connectivity index (χ1) is 23.9. The van der Waals surface area contributed by atoms with Gasteiger partial charge in [-0.05, 0) is 72.5 Å². The monoisotopic (exact) mass is 673 g/mol. The Labute approximate surface area is 282 Å². The molecule has 0 bridgehead atoms. The Bertz CT molecular complexity index is 2580. The maximum absolute atomic E-state index is 15.9. The number of rotatable bonds is 3. The maximum Gasteiger partial charge on any atom is 0.420 e. The third-order valence-corrected chi connectivity index (χ3v) is 9.28. The number of halogens is 6. The molecule has 0 amide bonds. The van der Waals surface area contributed by atoms with E-state index in [9.17, 15) is 13.2 Å². The number of hydrogen-bond acceptors (Lipinski definition) is 0. The third kappa shape index (κ3) is 4.74. The summed E-state index contributed by atoms with van der Waals surface area (Å²) in [5.41, 5.74) is -0.400. The summed E-state index contributed by atoms with van der Waals surface area (Å²) in [6.45, 7) is 11.5. The number of alkyl halides is 6. The summed E-state index contributed by atoms with van der Waals surface area (Å²) < 4.78 is 94.9. The Morgan fingerprint density at radius 1 is 0.520 bits per heavy atom. The highest BCUT2D eigenvalue weighted by Gasteiger charge is 2.41. The van der Waals surface area contributed by atoms with Crippen molar-refractivity contribution in [3.63, 3.8) is 0 Å². The largest absolute Gasteiger partial charge is 0.420 e. The van der Waals surface area contributed by atoms with Crippen LogP contribution < -0.4 is 0 Å². The van der Waals surface area contributed by atoms with E-state index in [1.54, 1.807) is 48.5 Å². The van der Waals surface area contributed by atoms with E-state index in [4.69, 9.17) is 6.57 Å². The molecular formula is C41H25F6N3. The van der Waals surface area contributed by atoms with E-state index in [1.807, 2.05) is 50.2 Å². The summed E-state index contributed by atoms with van der Waals surface area (Å²) in [4.78, 5) is 3.41. The lowest BCUT2D eigenvalue weighted by atomic mass is 9.94. The van der Waals surface area contributed by atoms with Gasteiger partial charge in [0, 0.05) is 21.5 Å². The Morgan fingerprint density at radius 2 is 1.00 bits per heavy atom. The number of aryl methyl sites for hydroxylation is 2. The number of aromatic nitrogens is 2. The van der Waals surface area contributed by atoms with E-state index < -0.39 is 29.0 Å². The summed E-state index contributed by atoms with van der Waals surface area (Å²) in [5, 5.41) is 2.76. The molecule has 0 aliphatic carbocycles. The van der Waals surface area contributed by atoms with Crippen molar-refractivity contribution in [2.45, 2.75) is 26.2 Å². The quantitative estimate of drug-likeness (QED) is 0.131. The van der Waals surface area contributed by atoms with Crippen molar-refractivity contribution in [2.75, 3.05) is 0 Å². The van der Waals surface area contributed by atoms with Crippen molar-refractivity contribution < 1.29 is 26.3 Å². The summed E-state index contributed by atoms with van der Waals surface area (Å²) >= 11 is 0. The van der Waals surface area contributed by atoms with Crippen LogP contribution in [0.2, 0.25) is 0 Å². The second kappa shape index (κ2) is 11.0. The van der Waals surface area contributed by atoms with Crippen LogP contribution in [0, 0.1) is 20.4 Å². The second-order valence-corrected chi connectivity index (χ2v) is 12.4. The molecule has 0 radical (unpaired) electrons. The Kier molecular flexibility index (Phi) is 6.88. The zero-order chi connectivity index (χ0) is 35.1. The number of hydrogen-bond donors (Lipinski definition) is 0. The van der Waals surface area contributed by atoms with Gasteiger partial charge in [0.1, 0.15) is 5.56 Å². The molecule has 246 valence electrons. The molecule has 2 aromatic heterocycles. The van der Waals surface area contributed by atoms with Gasteiger partial charge in [-0.1, -0.05) is 78.9 Å². The topological polar surface area (TPSA) is 14.2 Å². The lowest BCUT2D eigenvalue weighted by molar-refractivity contribution is -0.138. The molecule has 0 saturated heterocycles. The molecule has 0 atom stereocenters. The van der Waals surface area contributed by atoms with Gasteiger partial charge >= 0.3 is 12.4 Å². The van der Waals surface area contributed by atoms with Crippen molar-refractivity contribution in [1.29, 1.82) is 0 Å². The van der Waals surface area contributed by atoms with Gasteiger partial charge in [-0.3, -0.25) is 0 Å². The van der Waals surface area contributed by atoms with Gasteiger partial charge in [0.15, 0.2) is 5.69 Å². The predicted octanol–water partition coefficient (Wildman–Crippen LogP) is 12.8. The minimum atomic E-state index is -4.97. The summed E-state index contributed by atoms with van der Waals surface area (Å²) in [6, 6.07) is 30.6. The van der Waals surface area contributed by atoms with Gasteiger partial charge in [0.05, 0.1) is 45.6 Å². The predicted molar refractivity (Wildman–Crippen MR) is 186 cm³/mol. The fourth-order valence-electron chi connectivity index (χ4n) is 7.25. The average Bonchev–Trinajstić information content (AvgIpc) is 3.58. The van der Waals surface area contributed by atoms with Crippen LogP contribution in [-0.4, -0.2) is 9.13 Å². The highest BCUT2D eigenvalue weighted by Crippen LogP contribution is 2.49. The molecule has 0 N–H and O–H groups in total. The minimum Gasteiger partial charge on any atom is -0.309 e. The Balaban J connectivity index is 1.65. The first kappa shape index (κ1) is 31.3. The minimum absolute atomic E-state index is 0.168. The van der Waals surface area contributed by atoms with Gasteiger partial charge in [-0.2, -0.15) is 26.3 Å². The van der Waals surface area contributed by atoms with Gasteiger partial charge in [0.2, 0.25) is 0 Å². The second-order valence-electron chi connectivity index (χ2n) is 12.4. The zero-order valence-electron chi connectivity index (χ0n) is 26.6. The van der Waals surface area contributed by atoms with Crippen LogP contribution in [0.3, 0.4) is 0 Å².